The zero-order chi connectivity index (χ0) is 18.9. The Morgan fingerprint density at radius 2 is 1.93 bits per heavy atom. The molecule has 0 fully saturated rings. The van der Waals surface area contributed by atoms with Crippen molar-refractivity contribution in [1.82, 2.24) is 19.9 Å². The Morgan fingerprint density at radius 1 is 1.04 bits per heavy atom. The van der Waals surface area contributed by atoms with Crippen molar-refractivity contribution >= 4 is 22.5 Å². The highest BCUT2D eigenvalue weighted by atomic mass is 16.2. The van der Waals surface area contributed by atoms with Crippen molar-refractivity contribution in [3.63, 3.8) is 0 Å². The van der Waals surface area contributed by atoms with Gasteiger partial charge in [-0.3, -0.25) is 4.79 Å². The van der Waals surface area contributed by atoms with Gasteiger partial charge in [-0.15, -0.1) is 0 Å². The standard InChI is InChI=1S/C23H20N4O/c28-23(19-8-12-24-21(19)17-5-2-1-3-6-17)27-13-9-16(10-14-27)20-15-26-22-18(20)7-4-11-25-22/h1-9,11-12,15,24H,10,13-14H2,(H,25,26). The summed E-state index contributed by atoms with van der Waals surface area (Å²) in [4.78, 5) is 25.8. The van der Waals surface area contributed by atoms with Crippen molar-refractivity contribution in [3.8, 4) is 11.3 Å². The first kappa shape index (κ1) is 16.6. The number of pyridine rings is 1. The lowest BCUT2D eigenvalue weighted by Crippen LogP contribution is -2.34. The molecule has 0 unspecified atom stereocenters. The predicted octanol–water partition coefficient (Wildman–Crippen LogP) is 4.49. The number of aromatic amines is 2. The number of nitrogens with zero attached hydrogens (tertiary/aromatic N) is 2. The molecule has 5 rings (SSSR count). The average Bonchev–Trinajstić information content (AvgIpc) is 3.41. The largest absolute Gasteiger partial charge is 0.361 e. The van der Waals surface area contributed by atoms with Crippen LogP contribution >= 0.6 is 0 Å². The van der Waals surface area contributed by atoms with E-state index in [1.54, 1.807) is 6.20 Å². The van der Waals surface area contributed by atoms with Crippen LogP contribution in [0.25, 0.3) is 27.9 Å². The first-order valence-corrected chi connectivity index (χ1v) is 9.45. The number of hydrogen-bond donors (Lipinski definition) is 2. The van der Waals surface area contributed by atoms with Gasteiger partial charge in [0.15, 0.2) is 0 Å². The molecule has 1 aromatic carbocycles. The third-order valence-corrected chi connectivity index (χ3v) is 5.33. The lowest BCUT2D eigenvalue weighted by Gasteiger charge is -2.26. The van der Waals surface area contributed by atoms with Gasteiger partial charge in [-0.25, -0.2) is 4.98 Å². The molecule has 0 radical (unpaired) electrons. The summed E-state index contributed by atoms with van der Waals surface area (Å²) < 4.78 is 0. The minimum atomic E-state index is 0.0657. The Kier molecular flexibility index (Phi) is 4.05. The molecule has 1 aliphatic heterocycles. The highest BCUT2D eigenvalue weighted by Gasteiger charge is 2.23. The van der Waals surface area contributed by atoms with Crippen LogP contribution in [0.3, 0.4) is 0 Å². The van der Waals surface area contributed by atoms with Gasteiger partial charge in [-0.05, 0) is 35.8 Å². The summed E-state index contributed by atoms with van der Waals surface area (Å²) >= 11 is 0. The molecule has 0 saturated carbocycles. The number of H-pyrrole nitrogens is 2. The maximum Gasteiger partial charge on any atom is 0.256 e. The summed E-state index contributed by atoms with van der Waals surface area (Å²) in [5.41, 5.74) is 5.97. The van der Waals surface area contributed by atoms with Crippen LogP contribution in [0.15, 0.2) is 73.2 Å². The molecule has 0 spiro atoms. The number of amides is 1. The molecular formula is C23H20N4O. The van der Waals surface area contributed by atoms with E-state index in [1.165, 1.54) is 11.1 Å². The smallest absolute Gasteiger partial charge is 0.256 e. The quantitative estimate of drug-likeness (QED) is 0.560. The van der Waals surface area contributed by atoms with Crippen LogP contribution in [-0.4, -0.2) is 38.8 Å². The Hall–Kier alpha value is -3.60. The molecule has 3 aromatic heterocycles. The van der Waals surface area contributed by atoms with Gasteiger partial charge >= 0.3 is 0 Å². The van der Waals surface area contributed by atoms with E-state index in [1.807, 2.05) is 59.8 Å². The average molecular weight is 368 g/mol. The first-order valence-electron chi connectivity index (χ1n) is 9.45. The van der Waals surface area contributed by atoms with E-state index >= 15 is 0 Å². The molecule has 1 amide bonds. The minimum absolute atomic E-state index is 0.0657. The highest BCUT2D eigenvalue weighted by Crippen LogP contribution is 2.30. The van der Waals surface area contributed by atoms with E-state index < -0.39 is 0 Å². The second kappa shape index (κ2) is 6.85. The van der Waals surface area contributed by atoms with E-state index in [9.17, 15) is 4.79 Å². The van der Waals surface area contributed by atoms with E-state index in [0.29, 0.717) is 13.1 Å². The molecule has 5 nitrogen and oxygen atoms in total. The monoisotopic (exact) mass is 368 g/mol. The van der Waals surface area contributed by atoms with Crippen LogP contribution in [0.1, 0.15) is 22.3 Å². The maximum absolute atomic E-state index is 13.1. The molecule has 4 aromatic rings. The molecule has 5 heteroatoms. The minimum Gasteiger partial charge on any atom is -0.361 e. The Morgan fingerprint density at radius 3 is 2.75 bits per heavy atom. The van der Waals surface area contributed by atoms with E-state index in [2.05, 4.69) is 27.1 Å². The molecular weight excluding hydrogens is 348 g/mol. The van der Waals surface area contributed by atoms with Crippen molar-refractivity contribution in [1.29, 1.82) is 0 Å². The van der Waals surface area contributed by atoms with Gasteiger partial charge in [0.25, 0.3) is 5.91 Å². The van der Waals surface area contributed by atoms with Crippen LogP contribution in [0, 0.1) is 0 Å². The van der Waals surface area contributed by atoms with Gasteiger partial charge in [0.1, 0.15) is 5.65 Å². The van der Waals surface area contributed by atoms with Crippen molar-refractivity contribution in [3.05, 3.63) is 84.3 Å². The molecule has 2 N–H and O–H groups in total. The number of benzene rings is 1. The number of carbonyl (C=O) groups is 1. The van der Waals surface area contributed by atoms with Gasteiger partial charge in [-0.1, -0.05) is 36.4 Å². The van der Waals surface area contributed by atoms with E-state index in [4.69, 9.17) is 0 Å². The Bertz CT molecular complexity index is 1170. The van der Waals surface area contributed by atoms with Gasteiger partial charge in [0.05, 0.1) is 11.3 Å². The summed E-state index contributed by atoms with van der Waals surface area (Å²) in [6.45, 7) is 1.32. The second-order valence-electron chi connectivity index (χ2n) is 6.96. The van der Waals surface area contributed by atoms with E-state index in [-0.39, 0.29) is 5.91 Å². The number of fused-ring (bicyclic) bond motifs is 1. The zero-order valence-corrected chi connectivity index (χ0v) is 15.4. The lowest BCUT2D eigenvalue weighted by atomic mass is 9.99. The molecule has 28 heavy (non-hydrogen) atoms. The third-order valence-electron chi connectivity index (χ3n) is 5.33. The number of carbonyl (C=O) groups excluding carboxylic acids is 1. The highest BCUT2D eigenvalue weighted by molar-refractivity contribution is 6.01. The molecule has 1 aliphatic rings. The molecule has 138 valence electrons. The second-order valence-corrected chi connectivity index (χ2v) is 6.96. The van der Waals surface area contributed by atoms with E-state index in [0.717, 1.165) is 34.3 Å². The summed E-state index contributed by atoms with van der Waals surface area (Å²) in [7, 11) is 0. The molecule has 0 bridgehead atoms. The van der Waals surface area contributed by atoms with Gasteiger partial charge in [0, 0.05) is 42.6 Å². The fourth-order valence-corrected chi connectivity index (χ4v) is 3.88. The SMILES string of the molecule is O=C(c1cc[nH]c1-c1ccccc1)N1CC=C(c2c[nH]c3ncccc23)CC1. The Balaban J connectivity index is 1.39. The van der Waals surface area contributed by atoms with Crippen molar-refractivity contribution < 1.29 is 4.79 Å². The zero-order valence-electron chi connectivity index (χ0n) is 15.4. The first-order chi connectivity index (χ1) is 13.8. The van der Waals surface area contributed by atoms with Gasteiger partial charge in [-0.2, -0.15) is 0 Å². The van der Waals surface area contributed by atoms with Gasteiger partial charge in [0.2, 0.25) is 0 Å². The molecule has 4 heterocycles. The summed E-state index contributed by atoms with van der Waals surface area (Å²) in [6, 6.07) is 15.9. The van der Waals surface area contributed by atoms with Crippen LogP contribution in [-0.2, 0) is 0 Å². The lowest BCUT2D eigenvalue weighted by molar-refractivity contribution is 0.0774. The summed E-state index contributed by atoms with van der Waals surface area (Å²) in [6.07, 6.45) is 8.63. The number of hydrogen-bond acceptors (Lipinski definition) is 2. The van der Waals surface area contributed by atoms with Crippen LogP contribution in [0.5, 0.6) is 0 Å². The molecule has 0 atom stereocenters. The van der Waals surface area contributed by atoms with Crippen molar-refractivity contribution in [2.45, 2.75) is 6.42 Å². The van der Waals surface area contributed by atoms with Crippen molar-refractivity contribution in [2.24, 2.45) is 0 Å². The maximum atomic E-state index is 13.1. The molecule has 0 saturated heterocycles. The number of rotatable bonds is 3. The Labute approximate surface area is 162 Å². The molecule has 0 aliphatic carbocycles. The number of nitrogens with one attached hydrogen (secondary N) is 2. The third kappa shape index (κ3) is 2.81. The number of aromatic nitrogens is 3. The van der Waals surface area contributed by atoms with Crippen LogP contribution < -0.4 is 0 Å². The van der Waals surface area contributed by atoms with Gasteiger partial charge < -0.3 is 14.9 Å². The van der Waals surface area contributed by atoms with Crippen molar-refractivity contribution in [2.75, 3.05) is 13.1 Å². The predicted molar refractivity (Wildman–Crippen MR) is 111 cm³/mol. The van der Waals surface area contributed by atoms with Crippen LogP contribution in [0.4, 0.5) is 0 Å². The normalized spacial score (nSPS) is 14.3. The fraction of sp³-hybridized carbons (Fsp3) is 0.130. The fourth-order valence-electron chi connectivity index (χ4n) is 3.88. The summed E-state index contributed by atoms with van der Waals surface area (Å²) in [5.74, 6) is 0.0657. The van der Waals surface area contributed by atoms with Crippen LogP contribution in [0.2, 0.25) is 0 Å². The summed E-state index contributed by atoms with van der Waals surface area (Å²) in [5, 5.41) is 1.13. The topological polar surface area (TPSA) is 64.8 Å².